The van der Waals surface area contributed by atoms with Gasteiger partial charge in [-0.3, -0.25) is 14.7 Å². The van der Waals surface area contributed by atoms with Crippen molar-refractivity contribution in [2.24, 2.45) is 5.41 Å². The minimum atomic E-state index is -0.513. The van der Waals surface area contributed by atoms with Crippen LogP contribution in [0.25, 0.3) is 0 Å². The third-order valence-corrected chi connectivity index (χ3v) is 6.59. The van der Waals surface area contributed by atoms with E-state index in [1.54, 1.807) is 12.1 Å². The fraction of sp³-hybridized carbons (Fsp3) is 0.478. The van der Waals surface area contributed by atoms with Crippen LogP contribution in [-0.2, 0) is 16.8 Å². The monoisotopic (exact) mass is 381 g/mol. The number of pyridine rings is 1. The topological polar surface area (TPSA) is 36.4 Å². The molecule has 1 saturated carbocycles. The summed E-state index contributed by atoms with van der Waals surface area (Å²) in [6.45, 7) is 10.3. The van der Waals surface area contributed by atoms with Gasteiger partial charge in [0.2, 0.25) is 5.91 Å². The van der Waals surface area contributed by atoms with Crippen LogP contribution >= 0.6 is 0 Å². The lowest BCUT2D eigenvalue weighted by Crippen LogP contribution is -2.52. The molecular weight excluding hydrogens is 353 g/mol. The second kappa shape index (κ2) is 6.96. The van der Waals surface area contributed by atoms with E-state index < -0.39 is 5.41 Å². The second-order valence-corrected chi connectivity index (χ2v) is 8.81. The number of benzene rings is 1. The summed E-state index contributed by atoms with van der Waals surface area (Å²) in [7, 11) is 0. The van der Waals surface area contributed by atoms with Gasteiger partial charge in [-0.1, -0.05) is 32.0 Å². The first-order valence-corrected chi connectivity index (χ1v) is 10.0. The molecule has 0 radical (unpaired) electrons. The predicted octanol–water partition coefficient (Wildman–Crippen LogP) is 3.54. The van der Waals surface area contributed by atoms with Crippen molar-refractivity contribution in [2.75, 3.05) is 26.2 Å². The number of halogens is 1. The highest BCUT2D eigenvalue weighted by atomic mass is 19.1. The molecule has 1 atom stereocenters. The van der Waals surface area contributed by atoms with Crippen LogP contribution in [-0.4, -0.2) is 46.9 Å². The van der Waals surface area contributed by atoms with Gasteiger partial charge >= 0.3 is 0 Å². The molecule has 2 heterocycles. The Morgan fingerprint density at radius 1 is 1.11 bits per heavy atom. The van der Waals surface area contributed by atoms with Crippen LogP contribution in [0.3, 0.4) is 0 Å². The molecule has 2 aromatic rings. The molecule has 148 valence electrons. The predicted molar refractivity (Wildman–Crippen MR) is 107 cm³/mol. The minimum absolute atomic E-state index is 0.0931. The van der Waals surface area contributed by atoms with E-state index in [1.807, 2.05) is 17.2 Å². The molecule has 0 spiro atoms. The molecule has 0 N–H and O–H groups in total. The van der Waals surface area contributed by atoms with Gasteiger partial charge in [-0.05, 0) is 48.1 Å². The van der Waals surface area contributed by atoms with Gasteiger partial charge < -0.3 is 4.90 Å². The summed E-state index contributed by atoms with van der Waals surface area (Å²) >= 11 is 0. The maximum atomic E-state index is 13.5. The van der Waals surface area contributed by atoms with Crippen molar-refractivity contribution >= 4 is 5.91 Å². The molecule has 4 nitrogen and oxygen atoms in total. The molecule has 28 heavy (non-hydrogen) atoms. The van der Waals surface area contributed by atoms with E-state index in [-0.39, 0.29) is 17.1 Å². The van der Waals surface area contributed by atoms with Gasteiger partial charge in [-0.25, -0.2) is 4.39 Å². The molecule has 1 aromatic carbocycles. The van der Waals surface area contributed by atoms with Crippen molar-refractivity contribution in [3.63, 3.8) is 0 Å². The van der Waals surface area contributed by atoms with Crippen molar-refractivity contribution in [2.45, 2.75) is 39.2 Å². The highest BCUT2D eigenvalue weighted by molar-refractivity contribution is 5.93. The Morgan fingerprint density at radius 3 is 2.32 bits per heavy atom. The Balaban J connectivity index is 1.44. The van der Waals surface area contributed by atoms with Crippen molar-refractivity contribution in [1.82, 2.24) is 14.8 Å². The number of aromatic nitrogens is 1. The number of carbonyl (C=O) groups excluding carboxylic acids is 1. The zero-order chi connectivity index (χ0) is 19.9. The zero-order valence-corrected chi connectivity index (χ0v) is 16.9. The van der Waals surface area contributed by atoms with E-state index >= 15 is 0 Å². The highest BCUT2D eigenvalue weighted by Gasteiger charge is 2.68. The number of carbonyl (C=O) groups is 1. The number of hydrogen-bond acceptors (Lipinski definition) is 3. The molecule has 1 aliphatic carbocycles. The number of amides is 1. The number of nitrogens with zero attached hydrogens (tertiary/aromatic N) is 3. The summed E-state index contributed by atoms with van der Waals surface area (Å²) in [6.07, 6.45) is 2.65. The molecule has 1 aromatic heterocycles. The van der Waals surface area contributed by atoms with Gasteiger partial charge in [0.05, 0.1) is 11.1 Å². The molecule has 0 bridgehead atoms. The summed E-state index contributed by atoms with van der Waals surface area (Å²) in [5, 5.41) is 0. The maximum Gasteiger partial charge on any atom is 0.233 e. The third kappa shape index (κ3) is 3.22. The lowest BCUT2D eigenvalue weighted by atomic mass is 9.86. The third-order valence-electron chi connectivity index (χ3n) is 6.59. The van der Waals surface area contributed by atoms with Gasteiger partial charge in [-0.15, -0.1) is 0 Å². The largest absolute Gasteiger partial charge is 0.339 e. The van der Waals surface area contributed by atoms with Gasteiger partial charge in [-0.2, -0.15) is 0 Å². The van der Waals surface area contributed by atoms with Crippen LogP contribution in [0.15, 0.2) is 42.6 Å². The summed E-state index contributed by atoms with van der Waals surface area (Å²) in [6, 6.07) is 10.5. The molecule has 1 amide bonds. The summed E-state index contributed by atoms with van der Waals surface area (Å²) < 4.78 is 13.4. The molecule has 1 aliphatic heterocycles. The second-order valence-electron chi connectivity index (χ2n) is 8.81. The fourth-order valence-electron chi connectivity index (χ4n) is 4.61. The smallest absolute Gasteiger partial charge is 0.233 e. The summed E-state index contributed by atoms with van der Waals surface area (Å²) in [4.78, 5) is 22.4. The zero-order valence-electron chi connectivity index (χ0n) is 16.9. The summed E-state index contributed by atoms with van der Waals surface area (Å²) in [5.74, 6) is -0.0685. The molecule has 5 heteroatoms. The fourth-order valence-corrected chi connectivity index (χ4v) is 4.61. The SMILES string of the molecule is Cc1cccnc1CN1CCN(C(=O)[C@]2(c3ccc(F)cc3)CC2(C)C)CC1. The highest BCUT2D eigenvalue weighted by Crippen LogP contribution is 2.65. The molecule has 1 saturated heterocycles. The normalized spacial score (nSPS) is 24.2. The van der Waals surface area contributed by atoms with Gasteiger partial charge in [0.1, 0.15) is 5.82 Å². The Kier molecular flexibility index (Phi) is 4.74. The molecule has 0 unspecified atom stereocenters. The van der Waals surface area contributed by atoms with Crippen LogP contribution in [0.2, 0.25) is 0 Å². The van der Waals surface area contributed by atoms with Crippen LogP contribution < -0.4 is 0 Å². The van der Waals surface area contributed by atoms with E-state index in [0.29, 0.717) is 0 Å². The van der Waals surface area contributed by atoms with Gasteiger partial charge in [0.15, 0.2) is 0 Å². The summed E-state index contributed by atoms with van der Waals surface area (Å²) in [5.41, 5.74) is 2.64. The number of rotatable bonds is 4. The standard InChI is InChI=1S/C23H28FN3O/c1-17-5-4-10-25-20(17)15-26-11-13-27(14-12-26)21(28)23(16-22(23,2)3)18-6-8-19(24)9-7-18/h4-10H,11-16H2,1-3H3/t23-/m1/s1. The Morgan fingerprint density at radius 2 is 1.75 bits per heavy atom. The van der Waals surface area contributed by atoms with Gasteiger partial charge in [0.25, 0.3) is 0 Å². The van der Waals surface area contributed by atoms with E-state index in [0.717, 1.165) is 50.4 Å². The molecular formula is C23H28FN3O. The average Bonchev–Trinajstić information content (AvgIpc) is 3.27. The molecule has 2 aliphatic rings. The Labute approximate surface area is 166 Å². The minimum Gasteiger partial charge on any atom is -0.339 e. The van der Waals surface area contributed by atoms with Crippen LogP contribution in [0.1, 0.15) is 37.1 Å². The van der Waals surface area contributed by atoms with E-state index in [2.05, 4.69) is 36.7 Å². The number of piperazine rings is 1. The van der Waals surface area contributed by atoms with Crippen LogP contribution in [0.5, 0.6) is 0 Å². The Hall–Kier alpha value is -2.27. The lowest BCUT2D eigenvalue weighted by Gasteiger charge is -2.37. The van der Waals surface area contributed by atoms with E-state index in [4.69, 9.17) is 0 Å². The average molecular weight is 381 g/mol. The first-order chi connectivity index (χ1) is 13.3. The van der Waals surface area contributed by atoms with Crippen molar-refractivity contribution in [3.8, 4) is 0 Å². The van der Waals surface area contributed by atoms with Crippen molar-refractivity contribution in [3.05, 3.63) is 65.2 Å². The molecule has 4 rings (SSSR count). The maximum absolute atomic E-state index is 13.5. The Bertz CT molecular complexity index is 872. The van der Waals surface area contributed by atoms with Crippen LogP contribution in [0, 0.1) is 18.2 Å². The van der Waals surface area contributed by atoms with Crippen LogP contribution in [0.4, 0.5) is 4.39 Å². The van der Waals surface area contributed by atoms with E-state index in [1.165, 1.54) is 17.7 Å². The van der Waals surface area contributed by atoms with Crippen molar-refractivity contribution in [1.29, 1.82) is 0 Å². The first kappa shape index (κ1) is 19.1. The van der Waals surface area contributed by atoms with Crippen molar-refractivity contribution < 1.29 is 9.18 Å². The number of aryl methyl sites for hydroxylation is 1. The lowest BCUT2D eigenvalue weighted by molar-refractivity contribution is -0.136. The van der Waals surface area contributed by atoms with Gasteiger partial charge in [0, 0.05) is 38.9 Å². The number of hydrogen-bond donors (Lipinski definition) is 0. The first-order valence-electron chi connectivity index (χ1n) is 10.0. The van der Waals surface area contributed by atoms with E-state index in [9.17, 15) is 9.18 Å². The molecule has 2 fully saturated rings. The quantitative estimate of drug-likeness (QED) is 0.813.